The quantitative estimate of drug-likeness (QED) is 0.494. The summed E-state index contributed by atoms with van der Waals surface area (Å²) in [5.74, 6) is 2.03. The van der Waals surface area contributed by atoms with E-state index in [-0.39, 0.29) is 35.6 Å². The molecule has 3 heterocycles. The molecule has 12 nitrogen and oxygen atoms in total. The van der Waals surface area contributed by atoms with Gasteiger partial charge in [-0.15, -0.1) is 0 Å². The first-order valence-electron chi connectivity index (χ1n) is 12.5. The molecule has 1 amide bonds. The van der Waals surface area contributed by atoms with Crippen molar-refractivity contribution in [3.8, 4) is 17.8 Å². The number of carbonyl (C=O) groups excluding carboxylic acids is 1. The Morgan fingerprint density at radius 3 is 2.72 bits per heavy atom. The van der Waals surface area contributed by atoms with Gasteiger partial charge in [0.25, 0.3) is 5.91 Å². The number of aromatic nitrogens is 5. The lowest BCUT2D eigenvalue weighted by molar-refractivity contribution is 0.0923. The van der Waals surface area contributed by atoms with Crippen molar-refractivity contribution >= 4 is 17.7 Å². The molecule has 3 aliphatic rings. The van der Waals surface area contributed by atoms with Crippen LogP contribution in [0, 0.1) is 35.0 Å². The van der Waals surface area contributed by atoms with Gasteiger partial charge in [0.1, 0.15) is 6.33 Å². The number of carbonyl (C=O) groups is 1. The van der Waals surface area contributed by atoms with Crippen LogP contribution < -0.4 is 25.4 Å². The molecule has 1 aliphatic heterocycles. The standard InChI is InChI=1S/C24H31N9O3/c1-14(16-2-3-16)29-22(34)21-30-23(32-24(31-21)36-12-18-8-17(18)9-25)33-6-4-15(5-7-33)11-35-19-10-27-13-28-20(19)26/h10,13-18H,2-8,11-12H2,1H3,(H,29,34)(H2,26,27,28)/t14-,17?,18-/m1/s1. The maximum Gasteiger partial charge on any atom is 0.321 e. The average molecular weight is 494 g/mol. The summed E-state index contributed by atoms with van der Waals surface area (Å²) in [6.07, 6.45) is 7.76. The molecule has 0 spiro atoms. The number of nitrogen functional groups attached to an aromatic ring is 1. The second kappa shape index (κ2) is 10.5. The topological polar surface area (TPSA) is 165 Å². The fourth-order valence-corrected chi connectivity index (χ4v) is 4.36. The number of piperidine rings is 1. The van der Waals surface area contributed by atoms with Gasteiger partial charge in [0.2, 0.25) is 11.8 Å². The Bertz CT molecular complexity index is 1130. The van der Waals surface area contributed by atoms with E-state index in [4.69, 9.17) is 20.5 Å². The molecule has 190 valence electrons. The van der Waals surface area contributed by atoms with E-state index in [2.05, 4.69) is 36.3 Å². The van der Waals surface area contributed by atoms with Gasteiger partial charge in [-0.25, -0.2) is 9.97 Å². The number of rotatable bonds is 10. The monoisotopic (exact) mass is 493 g/mol. The lowest BCUT2D eigenvalue weighted by Gasteiger charge is -2.32. The first-order valence-corrected chi connectivity index (χ1v) is 12.5. The van der Waals surface area contributed by atoms with Crippen LogP contribution in [0.5, 0.6) is 11.8 Å². The van der Waals surface area contributed by atoms with Crippen LogP contribution >= 0.6 is 0 Å². The van der Waals surface area contributed by atoms with Gasteiger partial charge < -0.3 is 25.4 Å². The molecule has 3 N–H and O–H groups in total. The summed E-state index contributed by atoms with van der Waals surface area (Å²) in [5, 5.41) is 12.1. The third kappa shape index (κ3) is 5.90. The number of hydrogen-bond acceptors (Lipinski definition) is 11. The maximum absolute atomic E-state index is 12.9. The third-order valence-corrected chi connectivity index (χ3v) is 7.09. The van der Waals surface area contributed by atoms with Crippen LogP contribution in [0.15, 0.2) is 12.5 Å². The number of nitrogens with zero attached hydrogens (tertiary/aromatic N) is 7. The highest BCUT2D eigenvalue weighted by molar-refractivity contribution is 5.91. The Kier molecular flexibility index (Phi) is 6.97. The van der Waals surface area contributed by atoms with Gasteiger partial charge in [0.05, 0.1) is 31.4 Å². The highest BCUT2D eigenvalue weighted by Crippen LogP contribution is 2.37. The van der Waals surface area contributed by atoms with Crippen LogP contribution in [-0.2, 0) is 0 Å². The van der Waals surface area contributed by atoms with E-state index in [0.29, 0.717) is 55.7 Å². The van der Waals surface area contributed by atoms with Crippen molar-refractivity contribution in [2.24, 2.45) is 23.7 Å². The molecule has 1 unspecified atom stereocenters. The minimum Gasteiger partial charge on any atom is -0.488 e. The molecule has 1 saturated heterocycles. The van der Waals surface area contributed by atoms with Gasteiger partial charge in [-0.05, 0) is 50.9 Å². The molecule has 3 atom stereocenters. The lowest BCUT2D eigenvalue weighted by Crippen LogP contribution is -2.38. The highest BCUT2D eigenvalue weighted by atomic mass is 16.5. The van der Waals surface area contributed by atoms with Crippen molar-refractivity contribution in [3.63, 3.8) is 0 Å². The molecule has 3 fully saturated rings. The van der Waals surface area contributed by atoms with Crippen molar-refractivity contribution in [2.45, 2.75) is 45.1 Å². The van der Waals surface area contributed by atoms with Gasteiger partial charge >= 0.3 is 6.01 Å². The van der Waals surface area contributed by atoms with Crippen LogP contribution in [0.2, 0.25) is 0 Å². The summed E-state index contributed by atoms with van der Waals surface area (Å²) in [6, 6.07) is 2.45. The summed E-state index contributed by atoms with van der Waals surface area (Å²) in [5.41, 5.74) is 5.83. The van der Waals surface area contributed by atoms with Crippen LogP contribution in [0.25, 0.3) is 0 Å². The predicted octanol–water partition coefficient (Wildman–Crippen LogP) is 1.61. The summed E-state index contributed by atoms with van der Waals surface area (Å²) in [4.78, 5) is 36.1. The molecular weight excluding hydrogens is 462 g/mol. The van der Waals surface area contributed by atoms with E-state index in [9.17, 15) is 4.79 Å². The van der Waals surface area contributed by atoms with Crippen molar-refractivity contribution in [2.75, 3.05) is 36.9 Å². The number of nitrogens with one attached hydrogen (secondary N) is 1. The highest BCUT2D eigenvalue weighted by Gasteiger charge is 2.38. The average Bonchev–Trinajstić information content (AvgIpc) is 3.82. The van der Waals surface area contributed by atoms with E-state index >= 15 is 0 Å². The smallest absolute Gasteiger partial charge is 0.321 e. The molecule has 0 radical (unpaired) electrons. The molecule has 12 heteroatoms. The number of hydrogen-bond donors (Lipinski definition) is 2. The second-order valence-corrected chi connectivity index (χ2v) is 9.90. The fourth-order valence-electron chi connectivity index (χ4n) is 4.36. The van der Waals surface area contributed by atoms with Gasteiger partial charge in [0, 0.05) is 25.0 Å². The van der Waals surface area contributed by atoms with Gasteiger partial charge in [-0.2, -0.15) is 20.2 Å². The van der Waals surface area contributed by atoms with Crippen molar-refractivity contribution in [1.29, 1.82) is 5.26 Å². The summed E-state index contributed by atoms with van der Waals surface area (Å²) in [7, 11) is 0. The zero-order valence-corrected chi connectivity index (χ0v) is 20.3. The summed E-state index contributed by atoms with van der Waals surface area (Å²) >= 11 is 0. The minimum absolute atomic E-state index is 0.0208. The first-order chi connectivity index (χ1) is 17.5. The Balaban J connectivity index is 1.23. The number of nitrogens with two attached hydrogens (primary N) is 1. The molecule has 2 aromatic rings. The number of nitriles is 1. The van der Waals surface area contributed by atoms with Crippen molar-refractivity contribution in [3.05, 3.63) is 18.3 Å². The predicted molar refractivity (Wildman–Crippen MR) is 129 cm³/mol. The molecule has 5 rings (SSSR count). The molecule has 0 bridgehead atoms. The van der Waals surface area contributed by atoms with Crippen LogP contribution in [0.1, 0.15) is 49.6 Å². The van der Waals surface area contributed by atoms with Crippen LogP contribution in [0.4, 0.5) is 11.8 Å². The SMILES string of the molecule is C[C@@H](NC(=O)c1nc(OC[C@H]2CC2C#N)nc(N2CCC(COc3cncnc3N)CC2)n1)C1CC1. The zero-order chi connectivity index (χ0) is 25.1. The molecule has 2 aromatic heterocycles. The van der Waals surface area contributed by atoms with Gasteiger partial charge in [0.15, 0.2) is 11.6 Å². The van der Waals surface area contributed by atoms with Crippen LogP contribution in [-0.4, -0.2) is 63.2 Å². The van der Waals surface area contributed by atoms with Crippen molar-refractivity contribution < 1.29 is 14.3 Å². The largest absolute Gasteiger partial charge is 0.488 e. The minimum atomic E-state index is -0.324. The molecule has 2 aliphatic carbocycles. The molecule has 2 saturated carbocycles. The first kappa shape index (κ1) is 24.0. The van der Waals surface area contributed by atoms with Crippen LogP contribution in [0.3, 0.4) is 0 Å². The molecular formula is C24H31N9O3. The lowest BCUT2D eigenvalue weighted by atomic mass is 9.98. The normalized spacial score (nSPS) is 22.4. The van der Waals surface area contributed by atoms with E-state index < -0.39 is 0 Å². The van der Waals surface area contributed by atoms with Crippen molar-refractivity contribution in [1.82, 2.24) is 30.2 Å². The summed E-state index contributed by atoms with van der Waals surface area (Å²) in [6.45, 7) is 4.29. The van der Waals surface area contributed by atoms with E-state index in [1.807, 2.05) is 11.8 Å². The fraction of sp³-hybridized carbons (Fsp3) is 0.625. The Morgan fingerprint density at radius 1 is 1.22 bits per heavy atom. The van der Waals surface area contributed by atoms with E-state index in [1.54, 1.807) is 6.20 Å². The molecule has 0 aromatic carbocycles. The van der Waals surface area contributed by atoms with Gasteiger partial charge in [-0.1, -0.05) is 0 Å². The number of ether oxygens (including phenoxy) is 2. The van der Waals surface area contributed by atoms with E-state index in [1.165, 1.54) is 6.33 Å². The Hall–Kier alpha value is -3.75. The Morgan fingerprint density at radius 2 is 2.03 bits per heavy atom. The van der Waals surface area contributed by atoms with Gasteiger partial charge in [-0.3, -0.25) is 4.79 Å². The Labute approximate surface area is 209 Å². The second-order valence-electron chi connectivity index (χ2n) is 9.90. The molecule has 36 heavy (non-hydrogen) atoms. The third-order valence-electron chi connectivity index (χ3n) is 7.09. The number of amides is 1. The maximum atomic E-state index is 12.9. The van der Waals surface area contributed by atoms with E-state index in [0.717, 1.165) is 32.1 Å². The zero-order valence-electron chi connectivity index (χ0n) is 20.3. The number of anilines is 2. The summed E-state index contributed by atoms with van der Waals surface area (Å²) < 4.78 is 11.6.